The minimum absolute atomic E-state index is 0.0894. The molecule has 112 valence electrons. The van der Waals surface area contributed by atoms with Gasteiger partial charge in [-0.05, 0) is 31.2 Å². The van der Waals surface area contributed by atoms with E-state index in [1.807, 2.05) is 0 Å². The van der Waals surface area contributed by atoms with Crippen LogP contribution in [0.2, 0.25) is 0 Å². The Labute approximate surface area is 118 Å². The van der Waals surface area contributed by atoms with Gasteiger partial charge in [-0.2, -0.15) is 0 Å². The molecular weight excluding hydrogens is 236 g/mol. The summed E-state index contributed by atoms with van der Waals surface area (Å²) in [5, 5.41) is 3.62. The van der Waals surface area contributed by atoms with Crippen LogP contribution in [0, 0.1) is 23.2 Å². The second-order valence-electron chi connectivity index (χ2n) is 7.65. The monoisotopic (exact) mass is 268 g/mol. The number of fused-ring (bicyclic) bond motifs is 1. The molecule has 1 heterocycles. The molecule has 2 rings (SSSR count). The van der Waals surface area contributed by atoms with E-state index in [0.717, 1.165) is 25.6 Å². The van der Waals surface area contributed by atoms with E-state index in [0.29, 0.717) is 17.9 Å². The summed E-state index contributed by atoms with van der Waals surface area (Å²) in [6, 6.07) is 0. The molecular formula is C16H32N2O. The molecule has 19 heavy (non-hydrogen) atoms. The normalized spacial score (nSPS) is 38.7. The second-order valence-corrected chi connectivity index (χ2v) is 7.65. The predicted molar refractivity (Wildman–Crippen MR) is 80.0 cm³/mol. The van der Waals surface area contributed by atoms with Crippen LogP contribution < -0.4 is 11.1 Å². The lowest BCUT2D eigenvalue weighted by atomic mass is 9.46. The van der Waals surface area contributed by atoms with Crippen LogP contribution in [0.3, 0.4) is 0 Å². The number of rotatable bonds is 5. The Kier molecular flexibility index (Phi) is 4.29. The van der Waals surface area contributed by atoms with Crippen molar-refractivity contribution in [1.82, 2.24) is 5.32 Å². The van der Waals surface area contributed by atoms with Gasteiger partial charge in [0.15, 0.2) is 0 Å². The topological polar surface area (TPSA) is 47.3 Å². The average molecular weight is 268 g/mol. The van der Waals surface area contributed by atoms with E-state index in [4.69, 9.17) is 10.5 Å². The summed E-state index contributed by atoms with van der Waals surface area (Å²) in [6.45, 7) is 14.3. The third-order valence-electron chi connectivity index (χ3n) is 5.92. The fraction of sp³-hybridized carbons (Fsp3) is 1.00. The van der Waals surface area contributed by atoms with E-state index in [9.17, 15) is 0 Å². The maximum Gasteiger partial charge on any atom is 0.0690 e. The largest absolute Gasteiger partial charge is 0.377 e. The Morgan fingerprint density at radius 1 is 1.32 bits per heavy atom. The first kappa shape index (κ1) is 15.3. The summed E-state index contributed by atoms with van der Waals surface area (Å²) in [6.07, 6.45) is 2.76. The Morgan fingerprint density at radius 2 is 2.00 bits per heavy atom. The first-order valence-corrected chi connectivity index (χ1v) is 7.92. The maximum absolute atomic E-state index is 6.76. The van der Waals surface area contributed by atoms with Crippen molar-refractivity contribution >= 4 is 0 Å². The summed E-state index contributed by atoms with van der Waals surface area (Å²) in [5.41, 5.74) is 6.74. The maximum atomic E-state index is 6.76. The van der Waals surface area contributed by atoms with Crippen LogP contribution in [0.25, 0.3) is 0 Å². The third-order valence-corrected chi connectivity index (χ3v) is 5.92. The summed E-state index contributed by atoms with van der Waals surface area (Å²) >= 11 is 0. The van der Waals surface area contributed by atoms with Crippen LogP contribution >= 0.6 is 0 Å². The molecule has 0 spiro atoms. The fourth-order valence-corrected chi connectivity index (χ4v) is 3.77. The predicted octanol–water partition coefficient (Wildman–Crippen LogP) is 2.40. The zero-order valence-corrected chi connectivity index (χ0v) is 13.3. The van der Waals surface area contributed by atoms with E-state index in [1.54, 1.807) is 0 Å². The summed E-state index contributed by atoms with van der Waals surface area (Å²) in [7, 11) is 0. The molecule has 0 bridgehead atoms. The molecule has 1 saturated heterocycles. The molecule has 0 aromatic carbocycles. The highest BCUT2D eigenvalue weighted by molar-refractivity contribution is 5.20. The van der Waals surface area contributed by atoms with Crippen LogP contribution in [0.4, 0.5) is 0 Å². The number of ether oxygens (including phenoxy) is 1. The zero-order chi connectivity index (χ0) is 14.3. The van der Waals surface area contributed by atoms with Gasteiger partial charge in [-0.25, -0.2) is 0 Å². The SMILES string of the molecule is CC(C)C(C)CNCC1(N)C2CCCOC2C1(C)C. The quantitative estimate of drug-likeness (QED) is 0.805. The van der Waals surface area contributed by atoms with Crippen LogP contribution in [-0.4, -0.2) is 31.3 Å². The van der Waals surface area contributed by atoms with Gasteiger partial charge >= 0.3 is 0 Å². The zero-order valence-electron chi connectivity index (χ0n) is 13.3. The van der Waals surface area contributed by atoms with Gasteiger partial charge in [-0.1, -0.05) is 34.6 Å². The smallest absolute Gasteiger partial charge is 0.0690 e. The number of nitrogens with two attached hydrogens (primary N) is 1. The van der Waals surface area contributed by atoms with Crippen molar-refractivity contribution in [3.8, 4) is 0 Å². The van der Waals surface area contributed by atoms with E-state index >= 15 is 0 Å². The first-order valence-electron chi connectivity index (χ1n) is 7.92. The molecule has 2 aliphatic rings. The van der Waals surface area contributed by atoms with E-state index in [2.05, 4.69) is 39.9 Å². The molecule has 4 atom stereocenters. The molecule has 3 nitrogen and oxygen atoms in total. The highest BCUT2D eigenvalue weighted by atomic mass is 16.5. The van der Waals surface area contributed by atoms with Crippen molar-refractivity contribution in [3.05, 3.63) is 0 Å². The second kappa shape index (κ2) is 5.34. The highest BCUT2D eigenvalue weighted by Crippen LogP contribution is 2.56. The lowest BCUT2D eigenvalue weighted by Gasteiger charge is -2.66. The van der Waals surface area contributed by atoms with Gasteiger partial charge in [0.1, 0.15) is 0 Å². The average Bonchev–Trinajstić information content (AvgIpc) is 2.38. The van der Waals surface area contributed by atoms with Crippen molar-refractivity contribution in [3.63, 3.8) is 0 Å². The van der Waals surface area contributed by atoms with Gasteiger partial charge in [0.05, 0.1) is 6.10 Å². The summed E-state index contributed by atoms with van der Waals surface area (Å²) in [4.78, 5) is 0. The Morgan fingerprint density at radius 3 is 2.63 bits per heavy atom. The van der Waals surface area contributed by atoms with Gasteiger partial charge in [0.2, 0.25) is 0 Å². The van der Waals surface area contributed by atoms with Gasteiger partial charge < -0.3 is 15.8 Å². The van der Waals surface area contributed by atoms with Crippen molar-refractivity contribution in [2.45, 2.75) is 59.1 Å². The van der Waals surface area contributed by atoms with E-state index in [-0.39, 0.29) is 11.0 Å². The van der Waals surface area contributed by atoms with Crippen molar-refractivity contribution in [2.75, 3.05) is 19.7 Å². The fourth-order valence-electron chi connectivity index (χ4n) is 3.77. The molecule has 0 radical (unpaired) electrons. The van der Waals surface area contributed by atoms with Gasteiger partial charge in [0.25, 0.3) is 0 Å². The van der Waals surface area contributed by atoms with Crippen molar-refractivity contribution in [1.29, 1.82) is 0 Å². The third kappa shape index (κ3) is 2.45. The van der Waals surface area contributed by atoms with Crippen LogP contribution in [0.1, 0.15) is 47.5 Å². The molecule has 0 aromatic rings. The van der Waals surface area contributed by atoms with Crippen molar-refractivity contribution < 1.29 is 4.74 Å². The molecule has 3 N–H and O–H groups in total. The Bertz CT molecular complexity index is 316. The number of hydrogen-bond acceptors (Lipinski definition) is 3. The Hall–Kier alpha value is -0.120. The highest BCUT2D eigenvalue weighted by Gasteiger charge is 2.65. The standard InChI is InChI=1S/C16H32N2O/c1-11(2)12(3)9-18-10-16(17)13-7-6-8-19-14(13)15(16,4)5/h11-14,18H,6-10,17H2,1-5H3. The van der Waals surface area contributed by atoms with Gasteiger partial charge in [-0.3, -0.25) is 0 Å². The van der Waals surface area contributed by atoms with Gasteiger partial charge in [0, 0.05) is 30.0 Å². The lowest BCUT2D eigenvalue weighted by Crippen LogP contribution is -2.80. The molecule has 0 amide bonds. The van der Waals surface area contributed by atoms with Crippen LogP contribution in [0.15, 0.2) is 0 Å². The van der Waals surface area contributed by atoms with Gasteiger partial charge in [-0.15, -0.1) is 0 Å². The first-order chi connectivity index (χ1) is 8.80. The van der Waals surface area contributed by atoms with Crippen LogP contribution in [0.5, 0.6) is 0 Å². The molecule has 1 aliphatic heterocycles. The van der Waals surface area contributed by atoms with E-state index in [1.165, 1.54) is 12.8 Å². The molecule has 1 saturated carbocycles. The van der Waals surface area contributed by atoms with Crippen molar-refractivity contribution in [2.24, 2.45) is 28.9 Å². The van der Waals surface area contributed by atoms with E-state index < -0.39 is 0 Å². The number of hydrogen-bond donors (Lipinski definition) is 2. The number of nitrogens with one attached hydrogen (secondary N) is 1. The summed E-state index contributed by atoms with van der Waals surface area (Å²) in [5.74, 6) is 1.96. The molecule has 3 heteroatoms. The minimum Gasteiger partial charge on any atom is -0.377 e. The molecule has 2 fully saturated rings. The molecule has 1 aliphatic carbocycles. The lowest BCUT2D eigenvalue weighted by molar-refractivity contribution is -0.225. The summed E-state index contributed by atoms with van der Waals surface area (Å²) < 4.78 is 5.95. The Balaban J connectivity index is 1.91. The van der Waals surface area contributed by atoms with Crippen LogP contribution in [-0.2, 0) is 4.74 Å². The minimum atomic E-state index is -0.102. The molecule has 0 aromatic heterocycles. The molecule has 4 unspecified atom stereocenters.